The molecule has 1 aromatic heterocycles. The van der Waals surface area contributed by atoms with Gasteiger partial charge in [-0.05, 0) is 6.92 Å². The summed E-state index contributed by atoms with van der Waals surface area (Å²) in [6.07, 6.45) is 4.91. The summed E-state index contributed by atoms with van der Waals surface area (Å²) >= 11 is 0. The minimum Gasteiger partial charge on any atom is -0.550 e. The van der Waals surface area contributed by atoms with Crippen molar-refractivity contribution in [2.45, 2.75) is 19.6 Å². The second kappa shape index (κ2) is 6.97. The first kappa shape index (κ1) is 13.6. The van der Waals surface area contributed by atoms with Crippen LogP contribution in [-0.4, -0.2) is 33.5 Å². The zero-order valence-corrected chi connectivity index (χ0v) is 8.83. The summed E-state index contributed by atoms with van der Waals surface area (Å²) in [4.78, 5) is 8.89. The van der Waals surface area contributed by atoms with Crippen LogP contribution in [0.4, 0.5) is 0 Å². The first-order valence-electron chi connectivity index (χ1n) is 4.43. The molecular weight excluding hydrogens is 200 g/mol. The molecule has 1 aromatic rings. The number of aliphatic hydroxyl groups is 2. The highest BCUT2D eigenvalue weighted by atomic mass is 16.4. The van der Waals surface area contributed by atoms with E-state index in [1.165, 1.54) is 0 Å². The van der Waals surface area contributed by atoms with Crippen LogP contribution in [0.25, 0.3) is 0 Å². The van der Waals surface area contributed by atoms with Crippen LogP contribution in [0.1, 0.15) is 6.92 Å². The zero-order valence-electron chi connectivity index (χ0n) is 8.83. The van der Waals surface area contributed by atoms with Crippen LogP contribution in [0.15, 0.2) is 18.7 Å². The Balaban J connectivity index is 0.000000423. The van der Waals surface area contributed by atoms with Gasteiger partial charge in [0.2, 0.25) is 6.33 Å². The maximum absolute atomic E-state index is 9.04. The number of rotatable bonds is 3. The first-order chi connectivity index (χ1) is 6.95. The van der Waals surface area contributed by atoms with E-state index in [9.17, 15) is 0 Å². The van der Waals surface area contributed by atoms with E-state index in [4.69, 9.17) is 20.1 Å². The lowest BCUT2D eigenvalue weighted by Crippen LogP contribution is -2.25. The highest BCUT2D eigenvalue weighted by Gasteiger charge is 2.06. The quantitative estimate of drug-likeness (QED) is 0.543. The SMILES string of the molecule is CC(=O)[O-].C[n+]1ccn(C[C@@H](O)CO)c1. The molecule has 0 fully saturated rings. The van der Waals surface area contributed by atoms with Gasteiger partial charge in [-0.25, -0.2) is 9.13 Å². The Bertz CT molecular complexity index is 294. The average Bonchev–Trinajstić information content (AvgIpc) is 2.50. The van der Waals surface area contributed by atoms with Crippen LogP contribution in [0, 0.1) is 0 Å². The van der Waals surface area contributed by atoms with Crippen molar-refractivity contribution < 1.29 is 24.7 Å². The molecule has 0 aliphatic carbocycles. The van der Waals surface area contributed by atoms with E-state index >= 15 is 0 Å². The van der Waals surface area contributed by atoms with Gasteiger partial charge >= 0.3 is 0 Å². The molecule has 1 rings (SSSR count). The molecule has 0 saturated heterocycles. The Morgan fingerprint density at radius 2 is 2.20 bits per heavy atom. The predicted octanol–water partition coefficient (Wildman–Crippen LogP) is -2.58. The van der Waals surface area contributed by atoms with Crippen LogP contribution in [0.2, 0.25) is 0 Å². The lowest BCUT2D eigenvalue weighted by atomic mass is 10.4. The molecular formula is C9H16N2O4. The summed E-state index contributed by atoms with van der Waals surface area (Å²) < 4.78 is 3.70. The number of aromatic nitrogens is 2. The highest BCUT2D eigenvalue weighted by molar-refractivity contribution is 5.60. The number of carboxylic acid groups (broad SMARTS) is 1. The molecule has 6 nitrogen and oxygen atoms in total. The van der Waals surface area contributed by atoms with Crippen molar-refractivity contribution in [3.63, 3.8) is 0 Å². The Morgan fingerprint density at radius 3 is 2.53 bits per heavy atom. The Hall–Kier alpha value is -1.40. The summed E-state index contributed by atoms with van der Waals surface area (Å²) in [7, 11) is 1.90. The third kappa shape index (κ3) is 7.65. The van der Waals surface area contributed by atoms with E-state index in [1.54, 1.807) is 0 Å². The van der Waals surface area contributed by atoms with Gasteiger partial charge in [-0.1, -0.05) is 0 Å². The van der Waals surface area contributed by atoms with E-state index < -0.39 is 12.1 Å². The van der Waals surface area contributed by atoms with Gasteiger partial charge in [0.15, 0.2) is 0 Å². The van der Waals surface area contributed by atoms with Gasteiger partial charge in [0, 0.05) is 5.97 Å². The number of carbonyl (C=O) groups excluding carboxylic acids is 1. The molecule has 86 valence electrons. The minimum atomic E-state index is -1.08. The van der Waals surface area contributed by atoms with E-state index in [1.807, 2.05) is 34.9 Å². The second-order valence-electron chi connectivity index (χ2n) is 3.10. The van der Waals surface area contributed by atoms with E-state index in [0.717, 1.165) is 6.92 Å². The minimum absolute atomic E-state index is 0.193. The number of hydrogen-bond donors (Lipinski definition) is 2. The molecule has 15 heavy (non-hydrogen) atoms. The van der Waals surface area contributed by atoms with Gasteiger partial charge in [-0.3, -0.25) is 0 Å². The summed E-state index contributed by atoms with van der Waals surface area (Å²) in [5.41, 5.74) is 0. The van der Waals surface area contributed by atoms with Gasteiger partial charge in [0.05, 0.1) is 13.7 Å². The standard InChI is InChI=1S/C7H13N2O2.C2H4O2/c1-8-2-3-9(6-8)4-7(11)5-10;1-2(3)4/h2-3,6-7,10-11H,4-5H2,1H3;1H3,(H,3,4)/q+1;/p-1/t7-;/m1./s1. The molecule has 2 N–H and O–H groups in total. The number of aryl methyl sites for hydroxylation is 1. The molecule has 1 heterocycles. The number of carboxylic acids is 1. The lowest BCUT2D eigenvalue weighted by molar-refractivity contribution is -0.671. The number of carbonyl (C=O) groups is 1. The van der Waals surface area contributed by atoms with Crippen molar-refractivity contribution in [3.05, 3.63) is 18.7 Å². The largest absolute Gasteiger partial charge is 0.550 e. The fourth-order valence-electron chi connectivity index (χ4n) is 0.911. The summed E-state index contributed by atoms with van der Waals surface area (Å²) in [5, 5.41) is 26.5. The smallest absolute Gasteiger partial charge is 0.243 e. The van der Waals surface area contributed by atoms with E-state index in [2.05, 4.69) is 0 Å². The third-order valence-corrected chi connectivity index (χ3v) is 1.46. The number of aliphatic hydroxyl groups excluding tert-OH is 2. The van der Waals surface area contributed by atoms with Crippen LogP contribution in [-0.2, 0) is 18.4 Å². The van der Waals surface area contributed by atoms with Crippen LogP contribution >= 0.6 is 0 Å². The molecule has 6 heteroatoms. The molecule has 0 aromatic carbocycles. The van der Waals surface area contributed by atoms with Crippen molar-refractivity contribution in [1.82, 2.24) is 4.57 Å². The van der Waals surface area contributed by atoms with Gasteiger partial charge < -0.3 is 20.1 Å². The van der Waals surface area contributed by atoms with Gasteiger partial charge in [0.25, 0.3) is 0 Å². The maximum atomic E-state index is 9.04. The average molecular weight is 216 g/mol. The van der Waals surface area contributed by atoms with Crippen molar-refractivity contribution in [2.75, 3.05) is 6.61 Å². The molecule has 0 aliphatic rings. The van der Waals surface area contributed by atoms with Crippen molar-refractivity contribution in [1.29, 1.82) is 0 Å². The summed E-state index contributed by atoms with van der Waals surface area (Å²) in [5.74, 6) is -1.08. The van der Waals surface area contributed by atoms with Crippen molar-refractivity contribution >= 4 is 5.97 Å². The molecule has 0 bridgehead atoms. The number of imidazole rings is 1. The molecule has 0 amide bonds. The molecule has 0 radical (unpaired) electrons. The zero-order chi connectivity index (χ0) is 11.8. The molecule has 0 unspecified atom stereocenters. The van der Waals surface area contributed by atoms with Crippen LogP contribution in [0.3, 0.4) is 0 Å². The van der Waals surface area contributed by atoms with E-state index in [0.29, 0.717) is 6.54 Å². The topological polar surface area (TPSA) is 89.4 Å². The second-order valence-corrected chi connectivity index (χ2v) is 3.10. The highest BCUT2D eigenvalue weighted by Crippen LogP contribution is 1.88. The summed E-state index contributed by atoms with van der Waals surface area (Å²) in [6.45, 7) is 1.22. The molecule has 0 spiro atoms. The normalized spacial score (nSPS) is 11.5. The Labute approximate surface area is 88.0 Å². The Morgan fingerprint density at radius 1 is 1.67 bits per heavy atom. The van der Waals surface area contributed by atoms with Gasteiger partial charge in [-0.2, -0.15) is 0 Å². The van der Waals surface area contributed by atoms with Gasteiger partial charge in [-0.15, -0.1) is 0 Å². The van der Waals surface area contributed by atoms with Crippen LogP contribution < -0.4 is 9.67 Å². The van der Waals surface area contributed by atoms with Crippen molar-refractivity contribution in [2.24, 2.45) is 7.05 Å². The fraction of sp³-hybridized carbons (Fsp3) is 0.556. The maximum Gasteiger partial charge on any atom is 0.243 e. The third-order valence-electron chi connectivity index (χ3n) is 1.46. The van der Waals surface area contributed by atoms with E-state index in [-0.39, 0.29) is 6.61 Å². The number of hydrogen-bond acceptors (Lipinski definition) is 4. The van der Waals surface area contributed by atoms with Crippen molar-refractivity contribution in [3.8, 4) is 0 Å². The molecule has 0 aliphatic heterocycles. The fourth-order valence-corrected chi connectivity index (χ4v) is 0.911. The van der Waals surface area contributed by atoms with Crippen LogP contribution in [0.5, 0.6) is 0 Å². The molecule has 1 atom stereocenters. The summed E-state index contributed by atoms with van der Waals surface area (Å²) in [6, 6.07) is 0. The van der Waals surface area contributed by atoms with Gasteiger partial charge in [0.1, 0.15) is 25.0 Å². The lowest BCUT2D eigenvalue weighted by Gasteiger charge is -2.01. The predicted molar refractivity (Wildman–Crippen MR) is 49.4 cm³/mol. The monoisotopic (exact) mass is 216 g/mol. The number of aliphatic carboxylic acids is 1. The molecule has 0 saturated carbocycles. The Kier molecular flexibility index (Phi) is 6.32. The number of nitrogens with zero attached hydrogens (tertiary/aromatic N) is 2. The first-order valence-corrected chi connectivity index (χ1v) is 4.43.